The fourth-order valence-corrected chi connectivity index (χ4v) is 4.96. The molecule has 3 aromatic carbocycles. The van der Waals surface area contributed by atoms with E-state index in [4.69, 9.17) is 9.47 Å². The summed E-state index contributed by atoms with van der Waals surface area (Å²) in [5.41, 5.74) is 2.22. The molecule has 4 rings (SSSR count). The van der Waals surface area contributed by atoms with Crippen LogP contribution in [0.25, 0.3) is 0 Å². The van der Waals surface area contributed by atoms with Gasteiger partial charge in [0, 0.05) is 5.69 Å². The third kappa shape index (κ3) is 5.68. The second kappa shape index (κ2) is 10.4. The number of sulfonamides is 1. The van der Waals surface area contributed by atoms with Gasteiger partial charge in [0.25, 0.3) is 15.9 Å². The number of hydrogen-bond donors (Lipinski definition) is 2. The summed E-state index contributed by atoms with van der Waals surface area (Å²) in [6.07, 6.45) is 1.51. The molecule has 2 N–H and O–H groups in total. The van der Waals surface area contributed by atoms with E-state index in [-0.39, 0.29) is 23.4 Å². The molecule has 0 bridgehead atoms. The van der Waals surface area contributed by atoms with Gasteiger partial charge in [-0.3, -0.25) is 14.3 Å². The number of nitrogens with one attached hydrogen (secondary N) is 2. The maximum Gasteiger partial charge on any atom is 0.316 e. The van der Waals surface area contributed by atoms with E-state index in [0.29, 0.717) is 23.7 Å². The average molecular weight is 509 g/mol. The number of esters is 1. The normalized spacial score (nSPS) is 13.9. The minimum Gasteiger partial charge on any atom is -0.484 e. The fraction of sp³-hybridized carbons (Fsp3) is 0.259. The molecule has 1 saturated carbocycles. The molecule has 9 heteroatoms. The largest absolute Gasteiger partial charge is 0.484 e. The van der Waals surface area contributed by atoms with Crippen LogP contribution < -0.4 is 14.8 Å². The first-order valence-corrected chi connectivity index (χ1v) is 13.1. The van der Waals surface area contributed by atoms with E-state index >= 15 is 0 Å². The maximum absolute atomic E-state index is 12.7. The van der Waals surface area contributed by atoms with Crippen LogP contribution >= 0.6 is 0 Å². The van der Waals surface area contributed by atoms with E-state index in [1.54, 1.807) is 31.2 Å². The Morgan fingerprint density at radius 2 is 1.61 bits per heavy atom. The molecule has 36 heavy (non-hydrogen) atoms. The van der Waals surface area contributed by atoms with E-state index in [1.165, 1.54) is 24.3 Å². The van der Waals surface area contributed by atoms with Gasteiger partial charge < -0.3 is 14.8 Å². The van der Waals surface area contributed by atoms with Crippen molar-refractivity contribution in [2.75, 3.05) is 23.3 Å². The second-order valence-electron chi connectivity index (χ2n) is 8.61. The Morgan fingerprint density at radius 3 is 2.22 bits per heavy atom. The van der Waals surface area contributed by atoms with E-state index in [0.717, 1.165) is 24.0 Å². The van der Waals surface area contributed by atoms with E-state index in [1.807, 2.05) is 31.2 Å². The Morgan fingerprint density at radius 1 is 0.944 bits per heavy atom. The first-order chi connectivity index (χ1) is 17.2. The van der Waals surface area contributed by atoms with Crippen molar-refractivity contribution in [3.8, 4) is 5.75 Å². The molecule has 3 aromatic rings. The van der Waals surface area contributed by atoms with Crippen LogP contribution in [0.15, 0.2) is 77.7 Å². The number of ether oxygens (including phenoxy) is 2. The van der Waals surface area contributed by atoms with Crippen molar-refractivity contribution in [1.29, 1.82) is 0 Å². The third-order valence-corrected chi connectivity index (χ3v) is 7.41. The van der Waals surface area contributed by atoms with Crippen LogP contribution in [0.5, 0.6) is 5.75 Å². The fourth-order valence-electron chi connectivity index (χ4n) is 3.83. The van der Waals surface area contributed by atoms with Crippen LogP contribution in [0.4, 0.5) is 11.4 Å². The molecule has 0 heterocycles. The summed E-state index contributed by atoms with van der Waals surface area (Å²) in [4.78, 5) is 24.6. The van der Waals surface area contributed by atoms with Crippen molar-refractivity contribution in [1.82, 2.24) is 0 Å². The van der Waals surface area contributed by atoms with Crippen LogP contribution in [-0.4, -0.2) is 33.5 Å². The van der Waals surface area contributed by atoms with Gasteiger partial charge in [-0.2, -0.15) is 0 Å². The molecule has 0 aromatic heterocycles. The van der Waals surface area contributed by atoms with Crippen molar-refractivity contribution < 1.29 is 27.5 Å². The van der Waals surface area contributed by atoms with Crippen LogP contribution in [0, 0.1) is 6.92 Å². The molecule has 1 aliphatic rings. The zero-order chi connectivity index (χ0) is 25.8. The molecular formula is C27H28N2O6S. The third-order valence-electron chi connectivity index (χ3n) is 6.03. The summed E-state index contributed by atoms with van der Waals surface area (Å²) < 4.78 is 38.6. The molecule has 0 unspecified atom stereocenters. The first-order valence-electron chi connectivity index (χ1n) is 11.6. The van der Waals surface area contributed by atoms with Gasteiger partial charge in [0.2, 0.25) is 0 Å². The van der Waals surface area contributed by atoms with E-state index < -0.39 is 15.4 Å². The Balaban J connectivity index is 1.30. The Labute approximate surface area is 210 Å². The van der Waals surface area contributed by atoms with Gasteiger partial charge in [-0.05, 0) is 80.3 Å². The highest BCUT2D eigenvalue weighted by molar-refractivity contribution is 7.92. The summed E-state index contributed by atoms with van der Waals surface area (Å²) >= 11 is 0. The van der Waals surface area contributed by atoms with Gasteiger partial charge in [-0.15, -0.1) is 0 Å². The second-order valence-corrected chi connectivity index (χ2v) is 10.3. The van der Waals surface area contributed by atoms with Crippen molar-refractivity contribution in [2.24, 2.45) is 0 Å². The number of carbonyl (C=O) groups is 2. The van der Waals surface area contributed by atoms with Gasteiger partial charge in [0.1, 0.15) is 5.75 Å². The Hall–Kier alpha value is -3.85. The van der Waals surface area contributed by atoms with Crippen LogP contribution in [0.3, 0.4) is 0 Å². The number of aryl methyl sites for hydroxylation is 1. The van der Waals surface area contributed by atoms with Crippen molar-refractivity contribution in [2.45, 2.75) is 37.0 Å². The monoisotopic (exact) mass is 508 g/mol. The van der Waals surface area contributed by atoms with Crippen LogP contribution in [0.1, 0.15) is 30.9 Å². The Bertz CT molecular complexity index is 1350. The highest BCUT2D eigenvalue weighted by Gasteiger charge is 2.52. The summed E-state index contributed by atoms with van der Waals surface area (Å²) in [5, 5.41) is 2.75. The minimum absolute atomic E-state index is 0.0823. The number of rotatable bonds is 10. The molecule has 0 aliphatic heterocycles. The van der Waals surface area contributed by atoms with E-state index in [2.05, 4.69) is 10.0 Å². The van der Waals surface area contributed by atoms with Crippen LogP contribution in [-0.2, 0) is 29.8 Å². The summed E-state index contributed by atoms with van der Waals surface area (Å²) in [7, 11) is -3.76. The highest BCUT2D eigenvalue weighted by Crippen LogP contribution is 2.49. The van der Waals surface area contributed by atoms with Gasteiger partial charge in [0.15, 0.2) is 6.61 Å². The molecule has 1 aliphatic carbocycles. The zero-order valence-electron chi connectivity index (χ0n) is 20.1. The predicted molar refractivity (Wildman–Crippen MR) is 137 cm³/mol. The number of amides is 1. The number of anilines is 2. The smallest absolute Gasteiger partial charge is 0.316 e. The molecule has 8 nitrogen and oxygen atoms in total. The lowest BCUT2D eigenvalue weighted by Gasteiger charge is -2.15. The molecule has 0 atom stereocenters. The summed E-state index contributed by atoms with van der Waals surface area (Å²) in [5.74, 6) is -0.215. The molecule has 0 spiro atoms. The van der Waals surface area contributed by atoms with Gasteiger partial charge >= 0.3 is 5.97 Å². The summed E-state index contributed by atoms with van der Waals surface area (Å²) in [6.45, 7) is 3.70. The molecule has 1 amide bonds. The van der Waals surface area contributed by atoms with Crippen LogP contribution in [0.2, 0.25) is 0 Å². The number of para-hydroxylation sites is 1. The lowest BCUT2D eigenvalue weighted by atomic mass is 9.96. The minimum atomic E-state index is -3.76. The van der Waals surface area contributed by atoms with E-state index in [9.17, 15) is 18.0 Å². The summed E-state index contributed by atoms with van der Waals surface area (Å²) in [6, 6.07) is 20.1. The Kier molecular flexibility index (Phi) is 7.30. The number of hydrogen-bond acceptors (Lipinski definition) is 6. The highest BCUT2D eigenvalue weighted by atomic mass is 32.2. The number of carbonyl (C=O) groups excluding carboxylic acids is 2. The van der Waals surface area contributed by atoms with Gasteiger partial charge in [-0.1, -0.05) is 30.3 Å². The van der Waals surface area contributed by atoms with Crippen molar-refractivity contribution >= 4 is 33.3 Å². The molecular weight excluding hydrogens is 480 g/mol. The number of benzene rings is 3. The van der Waals surface area contributed by atoms with Crippen molar-refractivity contribution in [3.63, 3.8) is 0 Å². The first kappa shape index (κ1) is 25.2. The van der Waals surface area contributed by atoms with Gasteiger partial charge in [0.05, 0.1) is 22.6 Å². The lowest BCUT2D eigenvalue weighted by molar-refractivity contribution is -0.146. The molecule has 0 saturated heterocycles. The topological polar surface area (TPSA) is 111 Å². The standard InChI is InChI=1S/C27H28N2O6S/c1-3-34-26(31)27(16-17-27)20-8-10-21(11-9-20)28-25(30)18-35-22-12-14-23(15-13-22)36(32,33)29-24-7-5-4-6-19(24)2/h4-15,29H,3,16-18H2,1-2H3,(H,28,30). The molecule has 0 radical (unpaired) electrons. The maximum atomic E-state index is 12.7. The lowest BCUT2D eigenvalue weighted by Crippen LogP contribution is -2.23. The predicted octanol–water partition coefficient (Wildman–Crippen LogP) is 4.41. The van der Waals surface area contributed by atoms with Crippen molar-refractivity contribution in [3.05, 3.63) is 83.9 Å². The quantitative estimate of drug-likeness (QED) is 0.393. The molecule has 1 fully saturated rings. The SMILES string of the molecule is CCOC(=O)C1(c2ccc(NC(=O)COc3ccc(S(=O)(=O)Nc4ccccc4C)cc3)cc2)CC1. The average Bonchev–Trinajstić information content (AvgIpc) is 3.67. The van der Waals surface area contributed by atoms with Gasteiger partial charge in [-0.25, -0.2) is 8.42 Å². The zero-order valence-corrected chi connectivity index (χ0v) is 20.9. The molecule has 188 valence electrons.